The number of methoxy groups -OCH3 is 1. The molecule has 0 spiro atoms. The molecule has 0 radical (unpaired) electrons. The Balaban J connectivity index is 1.60. The van der Waals surface area contributed by atoms with Gasteiger partial charge in [-0.1, -0.05) is 13.3 Å². The van der Waals surface area contributed by atoms with E-state index in [-0.39, 0.29) is 35.9 Å². The van der Waals surface area contributed by atoms with Gasteiger partial charge in [0.05, 0.1) is 17.7 Å². The lowest BCUT2D eigenvalue weighted by atomic mass is 10.0. The smallest absolute Gasteiger partial charge is 0.409 e. The van der Waals surface area contributed by atoms with Gasteiger partial charge in [-0.2, -0.15) is 0 Å². The molecule has 1 aromatic rings. The van der Waals surface area contributed by atoms with Gasteiger partial charge < -0.3 is 19.3 Å². The Morgan fingerprint density at radius 2 is 1.61 bits per heavy atom. The third kappa shape index (κ3) is 5.04. The largest absolute Gasteiger partial charge is 0.449 e. The average Bonchev–Trinajstić information content (AvgIpc) is 3.03. The highest BCUT2D eigenvalue weighted by Crippen LogP contribution is 2.25. The molecule has 168 valence electrons. The van der Waals surface area contributed by atoms with Crippen LogP contribution in [0, 0.1) is 0 Å². The molecule has 0 saturated carbocycles. The second-order valence-corrected chi connectivity index (χ2v) is 7.62. The molecule has 0 bridgehead atoms. The maximum absolute atomic E-state index is 12.9. The molecule has 1 aromatic carbocycles. The molecular weight excluding hydrogens is 402 g/mol. The fourth-order valence-corrected chi connectivity index (χ4v) is 3.66. The normalized spacial score (nSPS) is 16.0. The Hall–Kier alpha value is -2.94. The number of carbonyl (C=O) groups is 4. The van der Waals surface area contributed by atoms with E-state index < -0.39 is 0 Å². The first-order valence-electron chi connectivity index (χ1n) is 10.7. The minimum atomic E-state index is -0.384. The lowest BCUT2D eigenvalue weighted by Crippen LogP contribution is -2.50. The van der Waals surface area contributed by atoms with Crippen molar-refractivity contribution in [3.8, 4) is 0 Å². The highest BCUT2D eigenvalue weighted by Gasteiger charge is 2.36. The highest BCUT2D eigenvalue weighted by molar-refractivity contribution is 6.22. The van der Waals surface area contributed by atoms with Crippen LogP contribution < -0.4 is 0 Å². The van der Waals surface area contributed by atoms with E-state index in [1.165, 1.54) is 11.0 Å². The first-order chi connectivity index (χ1) is 15.0. The van der Waals surface area contributed by atoms with Crippen LogP contribution in [0.1, 0.15) is 57.3 Å². The summed E-state index contributed by atoms with van der Waals surface area (Å²) >= 11 is 0. The number of unbranched alkanes of at least 4 members (excludes halogenated alkanes) is 1. The van der Waals surface area contributed by atoms with Gasteiger partial charge in [-0.3, -0.25) is 19.3 Å². The topological polar surface area (TPSA) is 96.5 Å². The van der Waals surface area contributed by atoms with Gasteiger partial charge in [-0.05, 0) is 31.0 Å². The predicted molar refractivity (Wildman–Crippen MR) is 112 cm³/mol. The van der Waals surface area contributed by atoms with Crippen molar-refractivity contribution >= 4 is 23.8 Å². The first-order valence-corrected chi connectivity index (χ1v) is 10.7. The van der Waals surface area contributed by atoms with Gasteiger partial charge in [0.1, 0.15) is 0 Å². The average molecular weight is 431 g/mol. The number of nitrogens with zero attached hydrogens (tertiary/aromatic N) is 3. The molecule has 1 fully saturated rings. The number of fused-ring (bicyclic) bond motifs is 1. The number of piperazine rings is 1. The minimum absolute atomic E-state index is 0.222. The Bertz CT molecular complexity index is 848. The van der Waals surface area contributed by atoms with Crippen LogP contribution in [0.4, 0.5) is 4.79 Å². The molecule has 9 heteroatoms. The molecule has 31 heavy (non-hydrogen) atoms. The van der Waals surface area contributed by atoms with E-state index in [0.717, 1.165) is 12.8 Å². The second-order valence-electron chi connectivity index (χ2n) is 7.62. The fraction of sp³-hybridized carbons (Fsp3) is 0.545. The van der Waals surface area contributed by atoms with E-state index in [2.05, 4.69) is 0 Å². The number of carbonyl (C=O) groups excluding carboxylic acids is 4. The van der Waals surface area contributed by atoms with Crippen molar-refractivity contribution in [1.82, 2.24) is 14.7 Å². The van der Waals surface area contributed by atoms with Crippen LogP contribution in [-0.2, 0) is 9.47 Å². The van der Waals surface area contributed by atoms with Crippen LogP contribution in [0.3, 0.4) is 0 Å². The predicted octanol–water partition coefficient (Wildman–Crippen LogP) is 2.01. The lowest BCUT2D eigenvalue weighted by Gasteiger charge is -2.34. The van der Waals surface area contributed by atoms with E-state index in [9.17, 15) is 19.2 Å². The number of rotatable bonds is 8. The Labute approximate surface area is 181 Å². The fourth-order valence-electron chi connectivity index (χ4n) is 3.66. The third-order valence-electron chi connectivity index (χ3n) is 5.50. The molecule has 3 rings (SSSR count). The number of hydrogen-bond donors (Lipinski definition) is 0. The Kier molecular flexibility index (Phi) is 7.62. The molecular formula is C22H29N3O6. The lowest BCUT2D eigenvalue weighted by molar-refractivity contribution is 0.0557. The number of benzene rings is 1. The summed E-state index contributed by atoms with van der Waals surface area (Å²) in [6.45, 7) is 4.72. The van der Waals surface area contributed by atoms with Crippen LogP contribution in [0.25, 0.3) is 0 Å². The number of hydrogen-bond acceptors (Lipinski definition) is 6. The minimum Gasteiger partial charge on any atom is -0.449 e. The van der Waals surface area contributed by atoms with Gasteiger partial charge in [0.25, 0.3) is 17.7 Å². The third-order valence-corrected chi connectivity index (χ3v) is 5.50. The maximum atomic E-state index is 12.9. The van der Waals surface area contributed by atoms with Crippen LogP contribution in [0.5, 0.6) is 0 Å². The SMILES string of the molecule is CCCCOC(=O)N1CCN(C(=O)c2ccc3c(c2)C(=O)N(CCCOC)C3=O)CC1. The zero-order valence-electron chi connectivity index (χ0n) is 18.1. The summed E-state index contributed by atoms with van der Waals surface area (Å²) in [6, 6.07) is 4.62. The molecule has 0 unspecified atom stereocenters. The van der Waals surface area contributed by atoms with Crippen molar-refractivity contribution in [2.24, 2.45) is 0 Å². The number of ether oxygens (including phenoxy) is 2. The summed E-state index contributed by atoms with van der Waals surface area (Å²) in [7, 11) is 1.56. The molecule has 0 atom stereocenters. The van der Waals surface area contributed by atoms with Gasteiger partial charge in [-0.15, -0.1) is 0 Å². The van der Waals surface area contributed by atoms with Gasteiger partial charge in [0.15, 0.2) is 0 Å². The van der Waals surface area contributed by atoms with E-state index in [1.54, 1.807) is 29.0 Å². The quantitative estimate of drug-likeness (QED) is 0.462. The van der Waals surface area contributed by atoms with Gasteiger partial charge >= 0.3 is 6.09 Å². The molecule has 0 N–H and O–H groups in total. The molecule has 2 aliphatic heterocycles. The Morgan fingerprint density at radius 3 is 2.29 bits per heavy atom. The summed E-state index contributed by atoms with van der Waals surface area (Å²) < 4.78 is 10.2. The van der Waals surface area contributed by atoms with E-state index >= 15 is 0 Å². The van der Waals surface area contributed by atoms with Gasteiger partial charge in [0, 0.05) is 52.0 Å². The molecule has 2 heterocycles. The van der Waals surface area contributed by atoms with Crippen molar-refractivity contribution in [2.45, 2.75) is 26.2 Å². The van der Waals surface area contributed by atoms with Crippen molar-refractivity contribution < 1.29 is 28.7 Å². The molecule has 0 aliphatic carbocycles. The summed E-state index contributed by atoms with van der Waals surface area (Å²) in [4.78, 5) is 54.6. The van der Waals surface area contributed by atoms with Crippen molar-refractivity contribution in [3.05, 3.63) is 34.9 Å². The van der Waals surface area contributed by atoms with Crippen LogP contribution in [0.2, 0.25) is 0 Å². The van der Waals surface area contributed by atoms with Gasteiger partial charge in [-0.25, -0.2) is 4.79 Å². The molecule has 0 aromatic heterocycles. The molecule has 1 saturated heterocycles. The zero-order chi connectivity index (χ0) is 22.4. The standard InChI is InChI=1S/C22H29N3O6/c1-3-4-14-31-22(29)24-11-9-23(10-12-24)19(26)16-6-7-17-18(15-16)21(28)25(20(17)27)8-5-13-30-2/h6-7,15H,3-5,8-14H2,1-2H3. The van der Waals surface area contributed by atoms with Gasteiger partial charge in [0.2, 0.25) is 0 Å². The number of imide groups is 1. The zero-order valence-corrected chi connectivity index (χ0v) is 18.1. The summed E-state index contributed by atoms with van der Waals surface area (Å²) in [6.07, 6.45) is 1.98. The number of amides is 4. The summed E-state index contributed by atoms with van der Waals surface area (Å²) in [5.74, 6) is -0.949. The summed E-state index contributed by atoms with van der Waals surface area (Å²) in [5, 5.41) is 0. The molecule has 9 nitrogen and oxygen atoms in total. The monoisotopic (exact) mass is 431 g/mol. The molecule has 2 aliphatic rings. The highest BCUT2D eigenvalue weighted by atomic mass is 16.6. The molecule has 4 amide bonds. The van der Waals surface area contributed by atoms with Crippen LogP contribution in [-0.4, -0.2) is 91.6 Å². The second kappa shape index (κ2) is 10.4. The first kappa shape index (κ1) is 22.7. The van der Waals surface area contributed by atoms with E-state index in [1.807, 2.05) is 6.92 Å². The van der Waals surface area contributed by atoms with Crippen LogP contribution in [0.15, 0.2) is 18.2 Å². The van der Waals surface area contributed by atoms with Crippen molar-refractivity contribution in [3.63, 3.8) is 0 Å². The summed E-state index contributed by atoms with van der Waals surface area (Å²) in [5.41, 5.74) is 0.933. The Morgan fingerprint density at radius 1 is 0.935 bits per heavy atom. The van der Waals surface area contributed by atoms with E-state index in [0.29, 0.717) is 56.9 Å². The van der Waals surface area contributed by atoms with Crippen LogP contribution >= 0.6 is 0 Å². The van der Waals surface area contributed by atoms with E-state index in [4.69, 9.17) is 9.47 Å². The van der Waals surface area contributed by atoms with Crippen molar-refractivity contribution in [1.29, 1.82) is 0 Å². The van der Waals surface area contributed by atoms with Crippen molar-refractivity contribution in [2.75, 3.05) is 53.0 Å². The maximum Gasteiger partial charge on any atom is 0.409 e.